The SMILES string of the molecule is Fc1c(-c2cccc3cccc(Cl)c23)ncc2c(N3CC4CCC(C3)N4)nc(OC[C@@]34CCCN3C[C@@H](C(F)(F)F)C4)nc12. The average Bonchev–Trinajstić information content (AvgIpc) is 3.67. The number of piperazine rings is 1. The maximum absolute atomic E-state index is 16.6. The van der Waals surface area contributed by atoms with Gasteiger partial charge >= 0.3 is 12.2 Å². The van der Waals surface area contributed by atoms with Crippen LogP contribution < -0.4 is 15.0 Å². The summed E-state index contributed by atoms with van der Waals surface area (Å²) in [5, 5.41) is 6.09. The van der Waals surface area contributed by atoms with Crippen LogP contribution in [0, 0.1) is 11.7 Å². The fraction of sp³-hybridized carbons (Fsp3) is 0.469. The first-order valence-corrected chi connectivity index (χ1v) is 15.6. The number of hydrogen-bond donors (Lipinski definition) is 1. The average molecular weight is 627 g/mol. The molecule has 2 bridgehead atoms. The quantitative estimate of drug-likeness (QED) is 0.258. The first-order chi connectivity index (χ1) is 21.2. The maximum atomic E-state index is 16.6. The molecule has 4 atom stereocenters. The van der Waals surface area contributed by atoms with Crippen molar-refractivity contribution in [1.29, 1.82) is 0 Å². The van der Waals surface area contributed by atoms with Gasteiger partial charge in [-0.25, -0.2) is 4.39 Å². The zero-order chi connectivity index (χ0) is 30.2. The molecular weight excluding hydrogens is 596 g/mol. The number of pyridine rings is 1. The highest BCUT2D eigenvalue weighted by Gasteiger charge is 2.56. The molecule has 2 aromatic heterocycles. The van der Waals surface area contributed by atoms with Crippen molar-refractivity contribution in [3.63, 3.8) is 0 Å². The number of fused-ring (bicyclic) bond motifs is 5. The van der Waals surface area contributed by atoms with Gasteiger partial charge in [0.15, 0.2) is 5.82 Å². The van der Waals surface area contributed by atoms with E-state index >= 15 is 4.39 Å². The van der Waals surface area contributed by atoms with Crippen molar-refractivity contribution in [1.82, 2.24) is 25.2 Å². The van der Waals surface area contributed by atoms with E-state index in [1.54, 1.807) is 18.3 Å². The summed E-state index contributed by atoms with van der Waals surface area (Å²) in [7, 11) is 0. The topological polar surface area (TPSA) is 66.4 Å². The van der Waals surface area contributed by atoms with Crippen LogP contribution in [0.1, 0.15) is 32.1 Å². The summed E-state index contributed by atoms with van der Waals surface area (Å²) >= 11 is 6.57. The number of rotatable bonds is 5. The Morgan fingerprint density at radius 2 is 1.82 bits per heavy atom. The molecule has 12 heteroatoms. The minimum Gasteiger partial charge on any atom is -0.461 e. The van der Waals surface area contributed by atoms with Crippen LogP contribution in [0.25, 0.3) is 32.9 Å². The number of alkyl halides is 3. The predicted octanol–water partition coefficient (Wildman–Crippen LogP) is 6.37. The molecule has 8 rings (SSSR count). The highest BCUT2D eigenvalue weighted by atomic mass is 35.5. The van der Waals surface area contributed by atoms with Crippen molar-refractivity contribution in [2.75, 3.05) is 37.7 Å². The molecule has 2 aromatic carbocycles. The van der Waals surface area contributed by atoms with E-state index in [4.69, 9.17) is 21.3 Å². The molecule has 0 saturated carbocycles. The highest BCUT2D eigenvalue weighted by Crippen LogP contribution is 2.47. The monoisotopic (exact) mass is 626 g/mol. The first-order valence-electron chi connectivity index (χ1n) is 15.2. The van der Waals surface area contributed by atoms with E-state index in [1.807, 2.05) is 29.2 Å². The molecule has 1 N–H and O–H groups in total. The second-order valence-corrected chi connectivity index (χ2v) is 13.1. The van der Waals surface area contributed by atoms with E-state index < -0.39 is 23.5 Å². The number of halogens is 5. The molecule has 0 radical (unpaired) electrons. The number of aromatic nitrogens is 3. The fourth-order valence-electron chi connectivity index (χ4n) is 7.92. The van der Waals surface area contributed by atoms with Gasteiger partial charge in [-0.15, -0.1) is 0 Å². The lowest BCUT2D eigenvalue weighted by molar-refractivity contribution is -0.171. The highest BCUT2D eigenvalue weighted by molar-refractivity contribution is 6.36. The molecular formula is C32H31ClF4N6O. The molecule has 7 nitrogen and oxygen atoms in total. The molecule has 4 saturated heterocycles. The van der Waals surface area contributed by atoms with Crippen molar-refractivity contribution < 1.29 is 22.3 Å². The zero-order valence-corrected chi connectivity index (χ0v) is 24.6. The van der Waals surface area contributed by atoms with Crippen LogP contribution in [0.5, 0.6) is 6.01 Å². The van der Waals surface area contributed by atoms with Crippen LogP contribution >= 0.6 is 11.6 Å². The van der Waals surface area contributed by atoms with Gasteiger partial charge in [0, 0.05) is 53.9 Å². The van der Waals surface area contributed by atoms with Crippen LogP contribution in [-0.2, 0) is 0 Å². The van der Waals surface area contributed by atoms with E-state index in [1.165, 1.54) is 0 Å². The number of anilines is 1. The largest absolute Gasteiger partial charge is 0.461 e. The van der Waals surface area contributed by atoms with Crippen molar-refractivity contribution in [2.45, 2.75) is 55.9 Å². The summed E-state index contributed by atoms with van der Waals surface area (Å²) in [5.41, 5.74) is -0.0316. The Labute approximate surface area is 256 Å². The summed E-state index contributed by atoms with van der Waals surface area (Å²) in [4.78, 5) is 17.9. The van der Waals surface area contributed by atoms with Crippen LogP contribution in [-0.4, -0.2) is 76.4 Å². The molecule has 0 spiro atoms. The number of benzene rings is 2. The lowest BCUT2D eigenvalue weighted by Gasteiger charge is -2.34. The normalized spacial score (nSPS) is 27.0. The van der Waals surface area contributed by atoms with Gasteiger partial charge in [0.2, 0.25) is 0 Å². The third-order valence-corrected chi connectivity index (χ3v) is 10.3. The molecule has 4 aliphatic heterocycles. The Morgan fingerprint density at radius 3 is 2.59 bits per heavy atom. The molecule has 4 fully saturated rings. The van der Waals surface area contributed by atoms with E-state index in [9.17, 15) is 13.2 Å². The third-order valence-electron chi connectivity index (χ3n) is 10.0. The standard InChI is InChI=1S/C32H31ClF4N6O/c33-24-7-2-5-18-4-1-6-22(25(18)24)27-26(34)28-23(13-38-27)29(42-15-20-8-9-21(16-42)39-20)41-30(40-28)44-17-31-10-3-11-43(31)14-19(12-31)32(35,36)37/h1-2,4-7,13,19-21,39H,3,8-12,14-17H2/t19-,20?,21?,31-/m0/s1. The van der Waals surface area contributed by atoms with Crippen molar-refractivity contribution in [3.8, 4) is 17.3 Å². The van der Waals surface area contributed by atoms with Gasteiger partial charge in [-0.3, -0.25) is 9.88 Å². The number of ether oxygens (including phenoxy) is 1. The summed E-state index contributed by atoms with van der Waals surface area (Å²) < 4.78 is 63.9. The van der Waals surface area contributed by atoms with Crippen molar-refractivity contribution >= 4 is 39.1 Å². The molecule has 6 heterocycles. The van der Waals surface area contributed by atoms with Gasteiger partial charge in [0.05, 0.1) is 16.8 Å². The first kappa shape index (κ1) is 28.2. The second kappa shape index (κ2) is 10.4. The minimum atomic E-state index is -4.26. The van der Waals surface area contributed by atoms with Gasteiger partial charge < -0.3 is 15.0 Å². The van der Waals surface area contributed by atoms with Crippen LogP contribution in [0.4, 0.5) is 23.4 Å². The summed E-state index contributed by atoms with van der Waals surface area (Å²) in [5.74, 6) is -1.49. The minimum absolute atomic E-state index is 0.00974. The van der Waals surface area contributed by atoms with Gasteiger partial charge in [-0.2, -0.15) is 23.1 Å². The Bertz CT molecular complexity index is 1750. The van der Waals surface area contributed by atoms with Gasteiger partial charge in [-0.1, -0.05) is 41.9 Å². The lowest BCUT2D eigenvalue weighted by Crippen LogP contribution is -2.51. The van der Waals surface area contributed by atoms with E-state index in [0.29, 0.717) is 65.3 Å². The summed E-state index contributed by atoms with van der Waals surface area (Å²) in [6.07, 6.45) is 0.819. The maximum Gasteiger partial charge on any atom is 0.393 e. The molecule has 0 amide bonds. The summed E-state index contributed by atoms with van der Waals surface area (Å²) in [6.45, 7) is 1.96. The van der Waals surface area contributed by atoms with E-state index in [-0.39, 0.29) is 36.8 Å². The lowest BCUT2D eigenvalue weighted by atomic mass is 9.90. The van der Waals surface area contributed by atoms with Crippen LogP contribution in [0.2, 0.25) is 5.02 Å². The second-order valence-electron chi connectivity index (χ2n) is 12.7. The van der Waals surface area contributed by atoms with Gasteiger partial charge in [-0.05, 0) is 50.1 Å². The molecule has 4 aromatic rings. The Morgan fingerprint density at radius 1 is 1.05 bits per heavy atom. The number of hydrogen-bond acceptors (Lipinski definition) is 7. The van der Waals surface area contributed by atoms with Crippen molar-refractivity contribution in [2.24, 2.45) is 5.92 Å². The van der Waals surface area contributed by atoms with Crippen LogP contribution in [0.3, 0.4) is 0 Å². The molecule has 0 aliphatic carbocycles. The van der Waals surface area contributed by atoms with E-state index in [0.717, 1.165) is 24.6 Å². The fourth-order valence-corrected chi connectivity index (χ4v) is 8.20. The van der Waals surface area contributed by atoms with Crippen molar-refractivity contribution in [3.05, 3.63) is 53.4 Å². The third kappa shape index (κ3) is 4.66. The molecule has 2 unspecified atom stereocenters. The Hall–Kier alpha value is -3.28. The molecule has 230 valence electrons. The van der Waals surface area contributed by atoms with Gasteiger partial charge in [0.1, 0.15) is 23.6 Å². The molecule has 44 heavy (non-hydrogen) atoms. The van der Waals surface area contributed by atoms with Gasteiger partial charge in [0.25, 0.3) is 0 Å². The van der Waals surface area contributed by atoms with E-state index in [2.05, 4.69) is 20.2 Å². The molecule has 4 aliphatic rings. The Balaban J connectivity index is 1.22. The number of nitrogens with one attached hydrogen (secondary N) is 1. The predicted molar refractivity (Wildman–Crippen MR) is 161 cm³/mol. The number of nitrogens with zero attached hydrogens (tertiary/aromatic N) is 5. The summed E-state index contributed by atoms with van der Waals surface area (Å²) in [6, 6.07) is 11.6. The Kier molecular flexibility index (Phi) is 6.66. The van der Waals surface area contributed by atoms with Crippen LogP contribution in [0.15, 0.2) is 42.6 Å². The zero-order valence-electron chi connectivity index (χ0n) is 23.9. The smallest absolute Gasteiger partial charge is 0.393 e.